The normalized spacial score (nSPS) is 17.6. The summed E-state index contributed by atoms with van der Waals surface area (Å²) in [6.07, 6.45) is 6.93. The molecule has 1 aliphatic rings. The highest BCUT2D eigenvalue weighted by atomic mass is 35.5. The molecule has 3 heterocycles. The maximum absolute atomic E-state index is 13.8. The minimum absolute atomic E-state index is 0.0335. The molecular weight excluding hydrogens is 498 g/mol. The van der Waals surface area contributed by atoms with Gasteiger partial charge in [0.2, 0.25) is 0 Å². The molecule has 0 saturated heterocycles. The highest BCUT2D eigenvalue weighted by Gasteiger charge is 2.25. The summed E-state index contributed by atoms with van der Waals surface area (Å²) in [5.74, 6) is 0.223. The van der Waals surface area contributed by atoms with Crippen LogP contribution in [0.25, 0.3) is 27.6 Å². The van der Waals surface area contributed by atoms with Gasteiger partial charge >= 0.3 is 5.69 Å². The van der Waals surface area contributed by atoms with Gasteiger partial charge in [-0.15, -0.1) is 0 Å². The van der Waals surface area contributed by atoms with E-state index < -0.39 is 0 Å². The number of rotatable bonds is 5. The van der Waals surface area contributed by atoms with E-state index in [1.165, 1.54) is 0 Å². The number of aromatic nitrogens is 4. The lowest BCUT2D eigenvalue weighted by Crippen LogP contribution is -2.39. The Labute approximate surface area is 225 Å². The minimum atomic E-state index is -0.133. The second-order valence-corrected chi connectivity index (χ2v) is 10.5. The van der Waals surface area contributed by atoms with Crippen molar-refractivity contribution < 1.29 is 4.79 Å². The monoisotopic (exact) mass is 525 g/mol. The van der Waals surface area contributed by atoms with Crippen molar-refractivity contribution >= 4 is 39.4 Å². The second kappa shape index (κ2) is 10.1. The molecule has 1 aliphatic carbocycles. The highest BCUT2D eigenvalue weighted by molar-refractivity contribution is 6.30. The molecule has 1 saturated carbocycles. The van der Waals surface area contributed by atoms with Gasteiger partial charge in [0.05, 0.1) is 38.5 Å². The van der Waals surface area contributed by atoms with Crippen molar-refractivity contribution in [2.45, 2.75) is 45.2 Å². The first-order valence-electron chi connectivity index (χ1n) is 13.0. The number of carbonyl (C=O) groups is 1. The third-order valence-electron chi connectivity index (χ3n) is 7.60. The van der Waals surface area contributed by atoms with Crippen LogP contribution in [0.3, 0.4) is 0 Å². The molecule has 2 aromatic carbocycles. The van der Waals surface area contributed by atoms with Crippen LogP contribution >= 0.6 is 11.6 Å². The average molecular weight is 526 g/mol. The van der Waals surface area contributed by atoms with Crippen molar-refractivity contribution in [2.75, 3.05) is 0 Å². The van der Waals surface area contributed by atoms with Crippen molar-refractivity contribution in [2.24, 2.45) is 5.92 Å². The molecule has 0 unspecified atom stereocenters. The summed E-state index contributed by atoms with van der Waals surface area (Å²) in [6, 6.07) is 19.6. The second-order valence-electron chi connectivity index (χ2n) is 10.1. The Hall–Kier alpha value is -3.97. The molecule has 7 nitrogen and oxygen atoms in total. The van der Waals surface area contributed by atoms with Crippen LogP contribution < -0.4 is 11.0 Å². The summed E-state index contributed by atoms with van der Waals surface area (Å²) in [5.41, 5.74) is 4.72. The Morgan fingerprint density at radius 1 is 1.00 bits per heavy atom. The van der Waals surface area contributed by atoms with E-state index >= 15 is 0 Å². The molecule has 0 bridgehead atoms. The SMILES string of the molecule is Cc1ncc(Cl)cc1C(=O)N[C@H]1CC[C@H](Cn2c(=O)n(-c3ccc4ncccc4c3)c3ccccc32)CC1. The molecule has 192 valence electrons. The molecule has 0 radical (unpaired) electrons. The average Bonchev–Trinajstić information content (AvgIpc) is 3.21. The lowest BCUT2D eigenvalue weighted by molar-refractivity contribution is 0.0919. The van der Waals surface area contributed by atoms with Gasteiger partial charge in [-0.05, 0) is 81.0 Å². The Morgan fingerprint density at radius 2 is 1.79 bits per heavy atom. The first-order chi connectivity index (χ1) is 18.5. The van der Waals surface area contributed by atoms with Gasteiger partial charge in [-0.1, -0.05) is 29.8 Å². The number of pyridine rings is 2. The van der Waals surface area contributed by atoms with Gasteiger partial charge in [0.1, 0.15) is 0 Å². The number of fused-ring (bicyclic) bond motifs is 2. The number of amides is 1. The molecule has 0 atom stereocenters. The Kier molecular flexibility index (Phi) is 6.45. The number of halogens is 1. The number of nitrogens with zero attached hydrogens (tertiary/aromatic N) is 4. The number of nitrogens with one attached hydrogen (secondary N) is 1. The van der Waals surface area contributed by atoms with E-state index in [0.29, 0.717) is 28.7 Å². The van der Waals surface area contributed by atoms with Crippen LogP contribution in [0.15, 0.2) is 77.9 Å². The van der Waals surface area contributed by atoms with E-state index in [9.17, 15) is 9.59 Å². The quantitative estimate of drug-likeness (QED) is 0.320. The van der Waals surface area contributed by atoms with E-state index in [1.54, 1.807) is 23.0 Å². The summed E-state index contributed by atoms with van der Waals surface area (Å²) >= 11 is 6.05. The molecule has 0 aliphatic heterocycles. The smallest absolute Gasteiger partial charge is 0.333 e. The fourth-order valence-corrected chi connectivity index (χ4v) is 5.74. The number of benzene rings is 2. The van der Waals surface area contributed by atoms with Crippen molar-refractivity contribution in [3.05, 3.63) is 99.8 Å². The lowest BCUT2D eigenvalue weighted by atomic mass is 9.85. The number of hydrogen-bond donors (Lipinski definition) is 1. The van der Waals surface area contributed by atoms with Crippen molar-refractivity contribution in [1.82, 2.24) is 24.4 Å². The fraction of sp³-hybridized carbons (Fsp3) is 0.267. The summed E-state index contributed by atoms with van der Waals surface area (Å²) < 4.78 is 3.71. The molecule has 5 aromatic rings. The largest absolute Gasteiger partial charge is 0.349 e. The number of para-hydroxylation sites is 2. The third-order valence-corrected chi connectivity index (χ3v) is 7.81. The maximum atomic E-state index is 13.8. The molecule has 38 heavy (non-hydrogen) atoms. The first-order valence-corrected chi connectivity index (χ1v) is 13.3. The van der Waals surface area contributed by atoms with Crippen molar-refractivity contribution in [3.63, 3.8) is 0 Å². The molecule has 8 heteroatoms. The third kappa shape index (κ3) is 4.58. The highest BCUT2D eigenvalue weighted by Crippen LogP contribution is 2.28. The van der Waals surface area contributed by atoms with Crippen molar-refractivity contribution in [3.8, 4) is 5.69 Å². The first kappa shape index (κ1) is 24.4. The molecule has 3 aromatic heterocycles. The van der Waals surface area contributed by atoms with Crippen LogP contribution in [0.4, 0.5) is 0 Å². The van der Waals surface area contributed by atoms with Crippen LogP contribution in [0.2, 0.25) is 5.02 Å². The van der Waals surface area contributed by atoms with Gasteiger partial charge < -0.3 is 5.32 Å². The molecule has 1 fully saturated rings. The van der Waals surface area contributed by atoms with Crippen LogP contribution in [0, 0.1) is 12.8 Å². The zero-order chi connectivity index (χ0) is 26.2. The van der Waals surface area contributed by atoms with E-state index in [-0.39, 0.29) is 17.6 Å². The Balaban J connectivity index is 1.21. The summed E-state index contributed by atoms with van der Waals surface area (Å²) in [6.45, 7) is 2.46. The summed E-state index contributed by atoms with van der Waals surface area (Å²) in [5, 5.41) is 4.60. The molecule has 0 spiro atoms. The van der Waals surface area contributed by atoms with Gasteiger partial charge in [-0.25, -0.2) is 4.79 Å². The van der Waals surface area contributed by atoms with E-state index in [2.05, 4.69) is 15.3 Å². The lowest BCUT2D eigenvalue weighted by Gasteiger charge is -2.29. The topological polar surface area (TPSA) is 81.8 Å². The number of hydrogen-bond acceptors (Lipinski definition) is 4. The summed E-state index contributed by atoms with van der Waals surface area (Å²) in [7, 11) is 0. The zero-order valence-corrected chi connectivity index (χ0v) is 21.9. The van der Waals surface area contributed by atoms with Gasteiger partial charge in [-0.2, -0.15) is 0 Å². The molecular formula is C30H28ClN5O2. The fourth-order valence-electron chi connectivity index (χ4n) is 5.58. The Morgan fingerprint density at radius 3 is 2.61 bits per heavy atom. The van der Waals surface area contributed by atoms with Crippen molar-refractivity contribution in [1.29, 1.82) is 0 Å². The Bertz CT molecular complexity index is 1720. The van der Waals surface area contributed by atoms with Crippen LogP contribution in [0.5, 0.6) is 0 Å². The number of imidazole rings is 1. The predicted octanol–water partition coefficient (Wildman–Crippen LogP) is 5.69. The van der Waals surface area contributed by atoms with Gasteiger partial charge in [0.15, 0.2) is 0 Å². The number of carbonyl (C=O) groups excluding carboxylic acids is 1. The minimum Gasteiger partial charge on any atom is -0.349 e. The number of aryl methyl sites for hydroxylation is 1. The maximum Gasteiger partial charge on any atom is 0.333 e. The standard InChI is InChI=1S/C30H28ClN5O2/c1-19-25(16-22(31)17-33-19)29(37)34-23-10-8-20(9-11-23)18-35-27-6-2-3-7-28(27)36(30(35)38)24-12-13-26-21(15-24)5-4-14-32-26/h2-7,12-17,20,23H,8-11,18H2,1H3,(H,34,37)/t20-,23-. The van der Waals surface area contributed by atoms with E-state index in [1.807, 2.05) is 66.1 Å². The van der Waals surface area contributed by atoms with Gasteiger partial charge in [0.25, 0.3) is 5.91 Å². The van der Waals surface area contributed by atoms with Crippen LogP contribution in [-0.4, -0.2) is 31.1 Å². The van der Waals surface area contributed by atoms with Gasteiger partial charge in [0, 0.05) is 30.4 Å². The van der Waals surface area contributed by atoms with E-state index in [0.717, 1.165) is 53.3 Å². The van der Waals surface area contributed by atoms with E-state index in [4.69, 9.17) is 11.6 Å². The van der Waals surface area contributed by atoms with Crippen LogP contribution in [0.1, 0.15) is 41.7 Å². The molecule has 1 amide bonds. The predicted molar refractivity (Wildman–Crippen MR) is 150 cm³/mol. The molecule has 6 rings (SSSR count). The zero-order valence-electron chi connectivity index (χ0n) is 21.1. The molecule has 1 N–H and O–H groups in total. The summed E-state index contributed by atoms with van der Waals surface area (Å²) in [4.78, 5) is 35.2. The van der Waals surface area contributed by atoms with Crippen LogP contribution in [-0.2, 0) is 6.54 Å². The van der Waals surface area contributed by atoms with Gasteiger partial charge in [-0.3, -0.25) is 23.9 Å².